The molecule has 0 aliphatic carbocycles. The zero-order chi connectivity index (χ0) is 9.31. The monoisotopic (exact) mass is 174 g/mol. The van der Waals surface area contributed by atoms with E-state index in [0.29, 0.717) is 0 Å². The first kappa shape index (κ1) is 8.04. The minimum Gasteiger partial charge on any atom is -0.279 e. The van der Waals surface area contributed by atoms with Crippen molar-refractivity contribution in [2.45, 2.75) is 19.4 Å². The SMILES string of the molecule is CC1(C)C=Nc2cncnc2C=N1. The first-order valence-corrected chi connectivity index (χ1v) is 4.08. The first-order chi connectivity index (χ1) is 6.17. The highest BCUT2D eigenvalue weighted by molar-refractivity contribution is 5.90. The molecule has 1 aliphatic heterocycles. The van der Waals surface area contributed by atoms with E-state index in [2.05, 4.69) is 20.0 Å². The molecule has 0 radical (unpaired) electrons. The Morgan fingerprint density at radius 3 is 3.00 bits per heavy atom. The van der Waals surface area contributed by atoms with Gasteiger partial charge in [-0.15, -0.1) is 0 Å². The van der Waals surface area contributed by atoms with Crippen LogP contribution in [0.4, 0.5) is 5.69 Å². The summed E-state index contributed by atoms with van der Waals surface area (Å²) >= 11 is 0. The predicted octanol–water partition coefficient (Wildman–Crippen LogP) is 1.39. The Kier molecular flexibility index (Phi) is 1.69. The Morgan fingerprint density at radius 2 is 2.15 bits per heavy atom. The second kappa shape index (κ2) is 2.73. The van der Waals surface area contributed by atoms with Crippen molar-refractivity contribution < 1.29 is 0 Å². The highest BCUT2D eigenvalue weighted by atomic mass is 15.0. The number of aromatic nitrogens is 2. The lowest BCUT2D eigenvalue weighted by molar-refractivity contribution is 0.723. The fourth-order valence-electron chi connectivity index (χ4n) is 1.02. The topological polar surface area (TPSA) is 50.5 Å². The van der Waals surface area contributed by atoms with Crippen LogP contribution in [-0.2, 0) is 0 Å². The van der Waals surface area contributed by atoms with Crippen LogP contribution in [-0.4, -0.2) is 27.9 Å². The van der Waals surface area contributed by atoms with Gasteiger partial charge in [0.1, 0.15) is 17.7 Å². The highest BCUT2D eigenvalue weighted by Gasteiger charge is 2.15. The third-order valence-electron chi connectivity index (χ3n) is 1.76. The summed E-state index contributed by atoms with van der Waals surface area (Å²) in [6.45, 7) is 3.98. The maximum atomic E-state index is 4.33. The van der Waals surface area contributed by atoms with Crippen LogP contribution in [0.15, 0.2) is 22.5 Å². The van der Waals surface area contributed by atoms with Crippen LogP contribution in [0.1, 0.15) is 19.5 Å². The van der Waals surface area contributed by atoms with Crippen LogP contribution in [0.25, 0.3) is 0 Å². The Bertz CT molecular complexity index is 344. The summed E-state index contributed by atoms with van der Waals surface area (Å²) < 4.78 is 0. The highest BCUT2D eigenvalue weighted by Crippen LogP contribution is 2.18. The molecular formula is C9H10N4. The molecule has 0 saturated carbocycles. The van der Waals surface area contributed by atoms with E-state index in [4.69, 9.17) is 0 Å². The first-order valence-electron chi connectivity index (χ1n) is 4.08. The molecule has 0 atom stereocenters. The minimum atomic E-state index is -0.249. The van der Waals surface area contributed by atoms with Gasteiger partial charge in [0.25, 0.3) is 0 Å². The normalized spacial score (nSPS) is 18.0. The number of aliphatic imine (C=N–C) groups is 2. The molecule has 0 bridgehead atoms. The molecule has 13 heavy (non-hydrogen) atoms. The zero-order valence-electron chi connectivity index (χ0n) is 7.60. The smallest absolute Gasteiger partial charge is 0.116 e. The number of fused-ring (bicyclic) bond motifs is 1. The second-order valence-corrected chi connectivity index (χ2v) is 3.46. The quantitative estimate of drug-likeness (QED) is 0.596. The Hall–Kier alpha value is -1.58. The van der Waals surface area contributed by atoms with Crippen LogP contribution in [0.3, 0.4) is 0 Å². The van der Waals surface area contributed by atoms with Crippen LogP contribution >= 0.6 is 0 Å². The van der Waals surface area contributed by atoms with E-state index in [-0.39, 0.29) is 5.54 Å². The molecule has 1 aromatic rings. The van der Waals surface area contributed by atoms with Gasteiger partial charge >= 0.3 is 0 Å². The Balaban J connectivity index is 2.53. The van der Waals surface area contributed by atoms with Gasteiger partial charge in [-0.05, 0) is 13.8 Å². The van der Waals surface area contributed by atoms with E-state index in [1.54, 1.807) is 18.6 Å². The molecule has 0 unspecified atom stereocenters. The molecular weight excluding hydrogens is 164 g/mol. The molecule has 4 nitrogen and oxygen atoms in total. The summed E-state index contributed by atoms with van der Waals surface area (Å²) in [5, 5.41) is 0. The summed E-state index contributed by atoms with van der Waals surface area (Å²) in [6, 6.07) is 0. The van der Waals surface area contributed by atoms with Crippen molar-refractivity contribution in [2.75, 3.05) is 0 Å². The standard InChI is InChI=1S/C9H10N4/c1-9(2)5-11-7-3-10-6-12-8(7)4-13-9/h3-6H,1-2H3. The van der Waals surface area contributed by atoms with Crippen molar-refractivity contribution in [2.24, 2.45) is 9.98 Å². The van der Waals surface area contributed by atoms with Crippen LogP contribution in [0, 0.1) is 0 Å². The maximum absolute atomic E-state index is 4.33. The van der Waals surface area contributed by atoms with Crippen molar-refractivity contribution in [3.8, 4) is 0 Å². The molecule has 0 amide bonds. The summed E-state index contributed by atoms with van der Waals surface area (Å²) in [5.41, 5.74) is 1.30. The Labute approximate surface area is 76.5 Å². The van der Waals surface area contributed by atoms with Gasteiger partial charge in [-0.3, -0.25) is 9.98 Å². The van der Waals surface area contributed by atoms with Gasteiger partial charge in [0, 0.05) is 6.21 Å². The van der Waals surface area contributed by atoms with E-state index in [1.165, 1.54) is 6.33 Å². The van der Waals surface area contributed by atoms with E-state index in [9.17, 15) is 0 Å². The number of nitrogens with zero attached hydrogens (tertiary/aromatic N) is 4. The third-order valence-corrected chi connectivity index (χ3v) is 1.76. The van der Waals surface area contributed by atoms with Crippen molar-refractivity contribution >= 4 is 18.1 Å². The Morgan fingerprint density at radius 1 is 1.31 bits per heavy atom. The maximum Gasteiger partial charge on any atom is 0.116 e. The lowest BCUT2D eigenvalue weighted by Crippen LogP contribution is -2.17. The van der Waals surface area contributed by atoms with Crippen LogP contribution in [0.5, 0.6) is 0 Å². The molecule has 0 fully saturated rings. The van der Waals surface area contributed by atoms with Crippen molar-refractivity contribution in [1.82, 2.24) is 9.97 Å². The average Bonchev–Trinajstić information content (AvgIpc) is 2.27. The molecule has 2 rings (SSSR count). The van der Waals surface area contributed by atoms with Gasteiger partial charge in [0.15, 0.2) is 0 Å². The molecule has 0 saturated heterocycles. The molecule has 0 spiro atoms. The number of rotatable bonds is 0. The number of hydrogen-bond donors (Lipinski definition) is 0. The van der Waals surface area contributed by atoms with Crippen molar-refractivity contribution in [3.63, 3.8) is 0 Å². The molecule has 1 aromatic heterocycles. The fraction of sp³-hybridized carbons (Fsp3) is 0.333. The summed E-state index contributed by atoms with van der Waals surface area (Å²) in [4.78, 5) is 16.6. The van der Waals surface area contributed by atoms with Gasteiger partial charge < -0.3 is 0 Å². The van der Waals surface area contributed by atoms with Gasteiger partial charge in [0.2, 0.25) is 0 Å². The van der Waals surface area contributed by atoms with E-state index in [1.807, 2.05) is 13.8 Å². The summed E-state index contributed by atoms with van der Waals surface area (Å²) in [6.07, 6.45) is 6.73. The summed E-state index contributed by atoms with van der Waals surface area (Å²) in [5.74, 6) is 0. The number of hydrogen-bond acceptors (Lipinski definition) is 4. The molecule has 0 N–H and O–H groups in total. The van der Waals surface area contributed by atoms with Gasteiger partial charge in [-0.2, -0.15) is 0 Å². The fourth-order valence-corrected chi connectivity index (χ4v) is 1.02. The lowest BCUT2D eigenvalue weighted by atomic mass is 10.1. The molecule has 66 valence electrons. The predicted molar refractivity (Wildman–Crippen MR) is 51.9 cm³/mol. The van der Waals surface area contributed by atoms with Gasteiger partial charge in [0.05, 0.1) is 18.0 Å². The molecule has 1 aliphatic rings. The molecule has 4 heteroatoms. The molecule has 0 aromatic carbocycles. The minimum absolute atomic E-state index is 0.249. The zero-order valence-corrected chi connectivity index (χ0v) is 7.60. The van der Waals surface area contributed by atoms with E-state index < -0.39 is 0 Å². The van der Waals surface area contributed by atoms with Crippen LogP contribution < -0.4 is 0 Å². The van der Waals surface area contributed by atoms with Gasteiger partial charge in [-0.25, -0.2) is 9.97 Å². The largest absolute Gasteiger partial charge is 0.279 e. The van der Waals surface area contributed by atoms with Crippen molar-refractivity contribution in [1.29, 1.82) is 0 Å². The third kappa shape index (κ3) is 1.61. The second-order valence-electron chi connectivity index (χ2n) is 3.46. The summed E-state index contributed by atoms with van der Waals surface area (Å²) in [7, 11) is 0. The average molecular weight is 174 g/mol. The lowest BCUT2D eigenvalue weighted by Gasteiger charge is -2.09. The van der Waals surface area contributed by atoms with Crippen LogP contribution in [0.2, 0.25) is 0 Å². The van der Waals surface area contributed by atoms with E-state index in [0.717, 1.165) is 11.4 Å². The molecule has 2 heterocycles. The van der Waals surface area contributed by atoms with E-state index >= 15 is 0 Å². The van der Waals surface area contributed by atoms with Gasteiger partial charge in [-0.1, -0.05) is 0 Å². The van der Waals surface area contributed by atoms with Crippen molar-refractivity contribution in [3.05, 3.63) is 18.2 Å².